The maximum absolute atomic E-state index is 13.0. The summed E-state index contributed by atoms with van der Waals surface area (Å²) >= 11 is 0. The predicted molar refractivity (Wildman–Crippen MR) is 155 cm³/mol. The van der Waals surface area contributed by atoms with Gasteiger partial charge in [0, 0.05) is 38.5 Å². The number of carbonyl (C=O) groups excluding carboxylic acids is 2. The fourth-order valence-electron chi connectivity index (χ4n) is 4.44. The quantitative estimate of drug-likeness (QED) is 0.133. The van der Waals surface area contributed by atoms with E-state index in [1.54, 1.807) is 6.92 Å². The molecule has 1 aliphatic heterocycles. The molecule has 1 fully saturated rings. The van der Waals surface area contributed by atoms with E-state index in [-0.39, 0.29) is 50.3 Å². The molecule has 2 heterocycles. The van der Waals surface area contributed by atoms with Crippen molar-refractivity contribution in [1.29, 1.82) is 5.26 Å². The summed E-state index contributed by atoms with van der Waals surface area (Å²) in [5.74, 6) is 3.62. The van der Waals surface area contributed by atoms with E-state index in [1.165, 1.54) is 24.6 Å². The van der Waals surface area contributed by atoms with Gasteiger partial charge in [0.15, 0.2) is 0 Å². The third-order valence-corrected chi connectivity index (χ3v) is 8.46. The second kappa shape index (κ2) is 16.7. The molecule has 0 aliphatic carbocycles. The van der Waals surface area contributed by atoms with E-state index in [4.69, 9.17) is 28.5 Å². The summed E-state index contributed by atoms with van der Waals surface area (Å²) in [4.78, 5) is 50.3. The lowest BCUT2D eigenvalue weighted by molar-refractivity contribution is -0.144. The minimum Gasteiger partial charge on any atom is -0.464 e. The molecule has 1 aromatic heterocycles. The molecule has 2 N–H and O–H groups in total. The number of esters is 2. The van der Waals surface area contributed by atoms with Crippen LogP contribution < -0.4 is 11.2 Å². The average Bonchev–Trinajstić information content (AvgIpc) is 3.24. The smallest absolute Gasteiger partial charge is 0.330 e. The van der Waals surface area contributed by atoms with Gasteiger partial charge in [-0.25, -0.2) is 9.46 Å². The highest BCUT2D eigenvalue weighted by Crippen LogP contribution is 2.50. The molecule has 4 atom stereocenters. The van der Waals surface area contributed by atoms with Gasteiger partial charge in [-0.1, -0.05) is 11.8 Å². The predicted octanol–water partition coefficient (Wildman–Crippen LogP) is 1.75. The fraction of sp³-hybridized carbons (Fsp3) is 0.679. The summed E-state index contributed by atoms with van der Waals surface area (Å²) in [7, 11) is -1.67. The zero-order chi connectivity index (χ0) is 32.3. The van der Waals surface area contributed by atoms with Crippen LogP contribution in [0.3, 0.4) is 0 Å². The third-order valence-electron chi connectivity index (χ3n) is 6.31. The molecule has 14 nitrogen and oxygen atoms in total. The average molecular weight is 625 g/mol. The topological polar surface area (TPSA) is 182 Å². The molecule has 0 radical (unpaired) electrons. The number of nitrogens with zero attached hydrogens (tertiary/aromatic N) is 3. The Labute approximate surface area is 252 Å². The van der Waals surface area contributed by atoms with E-state index >= 15 is 0 Å². The molecule has 1 aliphatic rings. The summed E-state index contributed by atoms with van der Waals surface area (Å²) in [5, 5.41) is 19.1. The van der Waals surface area contributed by atoms with Gasteiger partial charge >= 0.3 is 17.6 Å². The second-order valence-electron chi connectivity index (χ2n) is 10.7. The van der Waals surface area contributed by atoms with Gasteiger partial charge in [-0.05, 0) is 34.6 Å². The number of rotatable bonds is 14. The molecule has 43 heavy (non-hydrogen) atoms. The first kappa shape index (κ1) is 36.1. The van der Waals surface area contributed by atoms with Crippen molar-refractivity contribution >= 4 is 20.5 Å². The maximum Gasteiger partial charge on any atom is 0.330 e. The molecule has 0 aromatic carbocycles. The molecular formula is C28H41N4O10P. The Morgan fingerprint density at radius 1 is 1.21 bits per heavy atom. The van der Waals surface area contributed by atoms with Crippen LogP contribution in [-0.2, 0) is 38.6 Å². The lowest BCUT2D eigenvalue weighted by Crippen LogP contribution is -2.43. The summed E-state index contributed by atoms with van der Waals surface area (Å²) in [6.45, 7) is 11.5. The van der Waals surface area contributed by atoms with E-state index in [2.05, 4.69) is 22.9 Å². The fourth-order valence-corrected chi connectivity index (χ4v) is 6.19. The number of nitrogens with one attached hydrogen (secondary N) is 1. The first-order valence-electron chi connectivity index (χ1n) is 13.9. The molecule has 0 spiro atoms. The Morgan fingerprint density at radius 2 is 1.81 bits per heavy atom. The summed E-state index contributed by atoms with van der Waals surface area (Å²) < 4.78 is 31.7. The summed E-state index contributed by atoms with van der Waals surface area (Å²) in [5.41, 5.74) is -2.94. The largest absolute Gasteiger partial charge is 0.464 e. The number of hydrogen-bond acceptors (Lipinski definition) is 12. The first-order chi connectivity index (χ1) is 20.2. The van der Waals surface area contributed by atoms with Crippen molar-refractivity contribution in [3.8, 4) is 17.9 Å². The van der Waals surface area contributed by atoms with Crippen LogP contribution in [0.5, 0.6) is 0 Å². The normalized spacial score (nSPS) is 20.6. The van der Waals surface area contributed by atoms with Gasteiger partial charge in [0.1, 0.15) is 30.6 Å². The van der Waals surface area contributed by atoms with Crippen molar-refractivity contribution in [2.45, 2.75) is 91.3 Å². The number of aliphatic hydroxyl groups excluding tert-OH is 1. The standard InChI is InChI=1S/C28H41N4O10P/c1-18(2)32(19(3)4)43(40-12-8-11-29)42-24-13-28(7,41-25(24)15-33)31-14-23(26(36)30-27(31)37)10-9-22(16-38-20(5)34)17-39-21(6)35/h14,18-19,22,24-25,33H,8,12-13,15-17H2,1-7H3,(H,30,36,37)/t24?,25-,28?,43?/m1/s1. The molecule has 15 heteroatoms. The van der Waals surface area contributed by atoms with Gasteiger partial charge in [-0.2, -0.15) is 5.26 Å². The second-order valence-corrected chi connectivity index (χ2v) is 12.1. The van der Waals surface area contributed by atoms with Gasteiger partial charge in [0.25, 0.3) is 14.1 Å². The molecular weight excluding hydrogens is 583 g/mol. The van der Waals surface area contributed by atoms with Crippen LogP contribution in [0.15, 0.2) is 15.8 Å². The van der Waals surface area contributed by atoms with Crippen molar-refractivity contribution in [1.82, 2.24) is 14.2 Å². The summed E-state index contributed by atoms with van der Waals surface area (Å²) in [6, 6.07) is 2.14. The number of aromatic nitrogens is 2. The SMILES string of the molecule is CC(=O)OCC(C#Cc1cn(C2(C)CC(OP(OCCC#N)N(C(C)C)C(C)C)[C@@H](CO)O2)c(=O)[nH]c1=O)COC(C)=O. The Morgan fingerprint density at radius 3 is 2.33 bits per heavy atom. The lowest BCUT2D eigenvalue weighted by atomic mass is 10.1. The van der Waals surface area contributed by atoms with Gasteiger partial charge in [0.2, 0.25) is 0 Å². The number of ether oxygens (including phenoxy) is 3. The minimum atomic E-state index is -1.67. The molecule has 0 amide bonds. The van der Waals surface area contributed by atoms with E-state index in [9.17, 15) is 24.3 Å². The molecule has 0 saturated carbocycles. The van der Waals surface area contributed by atoms with Crippen molar-refractivity contribution < 1.29 is 38.0 Å². The van der Waals surface area contributed by atoms with Crippen LogP contribution in [0.4, 0.5) is 0 Å². The number of hydrogen-bond donors (Lipinski definition) is 2. The number of aromatic amines is 1. The molecule has 238 valence electrons. The van der Waals surface area contributed by atoms with E-state index < -0.39 is 62.2 Å². The number of carbonyl (C=O) groups is 2. The van der Waals surface area contributed by atoms with Crippen molar-refractivity contribution in [3.05, 3.63) is 32.6 Å². The Bertz CT molecular complexity index is 1300. The number of aliphatic hydroxyl groups is 1. The Hall–Kier alpha value is -3.10. The van der Waals surface area contributed by atoms with E-state index in [0.29, 0.717) is 0 Å². The maximum atomic E-state index is 13.0. The Balaban J connectivity index is 2.41. The highest BCUT2D eigenvalue weighted by atomic mass is 31.2. The third kappa shape index (κ3) is 10.5. The zero-order valence-electron chi connectivity index (χ0n) is 25.6. The zero-order valence-corrected chi connectivity index (χ0v) is 26.5. The van der Waals surface area contributed by atoms with Gasteiger partial charge < -0.3 is 28.4 Å². The monoisotopic (exact) mass is 624 g/mol. The van der Waals surface area contributed by atoms with Crippen molar-refractivity contribution in [3.63, 3.8) is 0 Å². The van der Waals surface area contributed by atoms with Crippen LogP contribution >= 0.6 is 8.53 Å². The molecule has 1 aromatic rings. The van der Waals surface area contributed by atoms with Gasteiger partial charge in [-0.15, -0.1) is 0 Å². The van der Waals surface area contributed by atoms with E-state index in [0.717, 1.165) is 0 Å². The molecule has 0 bridgehead atoms. The van der Waals surface area contributed by atoms with Crippen LogP contribution in [0.25, 0.3) is 0 Å². The van der Waals surface area contributed by atoms with E-state index in [1.807, 2.05) is 32.4 Å². The Kier molecular flexibility index (Phi) is 14.0. The van der Waals surface area contributed by atoms with Crippen LogP contribution in [0.1, 0.15) is 66.9 Å². The first-order valence-corrected chi connectivity index (χ1v) is 15.0. The minimum absolute atomic E-state index is 0.0444. The van der Waals surface area contributed by atoms with Gasteiger partial charge in [-0.3, -0.25) is 23.9 Å². The van der Waals surface area contributed by atoms with Crippen molar-refractivity contribution in [2.24, 2.45) is 5.92 Å². The lowest BCUT2D eigenvalue weighted by Gasteiger charge is -2.37. The highest BCUT2D eigenvalue weighted by molar-refractivity contribution is 7.44. The number of nitriles is 1. The highest BCUT2D eigenvalue weighted by Gasteiger charge is 2.48. The molecule has 2 rings (SSSR count). The van der Waals surface area contributed by atoms with Crippen molar-refractivity contribution in [2.75, 3.05) is 26.4 Å². The molecule has 3 unspecified atom stereocenters. The van der Waals surface area contributed by atoms with Gasteiger partial charge in [0.05, 0.1) is 37.7 Å². The molecule has 1 saturated heterocycles. The van der Waals surface area contributed by atoms with Crippen LogP contribution in [0, 0.1) is 29.1 Å². The number of H-pyrrole nitrogens is 1. The van der Waals surface area contributed by atoms with Crippen LogP contribution in [0.2, 0.25) is 0 Å². The summed E-state index contributed by atoms with van der Waals surface area (Å²) in [6.07, 6.45) is 0.00592. The van der Waals surface area contributed by atoms with Crippen LogP contribution in [-0.4, -0.2) is 82.0 Å².